The third kappa shape index (κ3) is 6.43. The van der Waals surface area contributed by atoms with Crippen molar-refractivity contribution in [1.82, 2.24) is 0 Å². The van der Waals surface area contributed by atoms with Crippen LogP contribution < -0.4 is 35.7 Å². The molecule has 0 amide bonds. The monoisotopic (exact) mass is 818 g/mol. The molecule has 1 aromatic heterocycles. The minimum absolute atomic E-state index is 0.00440. The van der Waals surface area contributed by atoms with Gasteiger partial charge in [-0.2, -0.15) is 0 Å². The Morgan fingerprint density at radius 2 is 1.13 bits per heavy atom. The third-order valence-corrected chi connectivity index (χ3v) is 13.3. The number of aryl methyl sites for hydroxylation is 3. The van der Waals surface area contributed by atoms with E-state index >= 15 is 0 Å². The van der Waals surface area contributed by atoms with Gasteiger partial charge in [-0.05, 0) is 129 Å². The van der Waals surface area contributed by atoms with Crippen LogP contribution in [-0.2, 0) is 16.2 Å². The maximum atomic E-state index is 7.26. The fourth-order valence-corrected chi connectivity index (χ4v) is 10.0. The van der Waals surface area contributed by atoms with Crippen molar-refractivity contribution < 1.29 is 13.9 Å². The molecule has 0 bridgehead atoms. The lowest BCUT2D eigenvalue weighted by atomic mass is 9.33. The zero-order valence-corrected chi connectivity index (χ0v) is 38.6. The summed E-state index contributed by atoms with van der Waals surface area (Å²) in [5, 5.41) is 1.15. The molecule has 10 rings (SSSR count). The van der Waals surface area contributed by atoms with Gasteiger partial charge in [0.15, 0.2) is 11.5 Å². The van der Waals surface area contributed by atoms with Crippen LogP contribution in [0.1, 0.15) is 102 Å². The SMILES string of the molecule is Cc1cc2c3c(c1)N(c1c(C)cc(C(C)(C)C)cc1C)c1oc4ccc(C(C)(C)C)cc4c1B3c1cc3c(cc1N2c1ccc(C(C)(C)C)cc1-c1ccccc1)OCCCO3. The van der Waals surface area contributed by atoms with Crippen molar-refractivity contribution in [2.24, 2.45) is 0 Å². The van der Waals surface area contributed by atoms with Crippen LogP contribution in [-0.4, -0.2) is 19.9 Å². The van der Waals surface area contributed by atoms with Crippen LogP contribution in [0.25, 0.3) is 22.1 Å². The smallest absolute Gasteiger partial charge is 0.257 e. The van der Waals surface area contributed by atoms with Crippen LogP contribution >= 0.6 is 0 Å². The maximum absolute atomic E-state index is 7.26. The van der Waals surface area contributed by atoms with E-state index < -0.39 is 0 Å². The normalized spacial score (nSPS) is 14.7. The zero-order chi connectivity index (χ0) is 43.6. The maximum Gasteiger partial charge on any atom is 0.257 e. The summed E-state index contributed by atoms with van der Waals surface area (Å²) in [6.45, 7) is 28.5. The van der Waals surface area contributed by atoms with Gasteiger partial charge in [-0.1, -0.05) is 117 Å². The molecule has 6 heteroatoms. The van der Waals surface area contributed by atoms with Crippen molar-refractivity contribution >= 4 is 68.4 Å². The van der Waals surface area contributed by atoms with E-state index in [1.165, 1.54) is 60.9 Å². The Morgan fingerprint density at radius 1 is 0.532 bits per heavy atom. The summed E-state index contributed by atoms with van der Waals surface area (Å²) in [5.74, 6) is 2.45. The lowest BCUT2D eigenvalue weighted by Crippen LogP contribution is -2.61. The molecule has 0 N–H and O–H groups in total. The molecule has 0 fully saturated rings. The van der Waals surface area contributed by atoms with Gasteiger partial charge >= 0.3 is 0 Å². The van der Waals surface area contributed by atoms with Gasteiger partial charge in [0.1, 0.15) is 5.58 Å². The molecule has 62 heavy (non-hydrogen) atoms. The number of nitrogens with zero attached hydrogens (tertiary/aromatic N) is 2. The molecule has 0 saturated carbocycles. The molecule has 0 unspecified atom stereocenters. The number of benzene rings is 6. The Labute approximate surface area is 368 Å². The number of hydrogen-bond acceptors (Lipinski definition) is 5. The highest BCUT2D eigenvalue weighted by molar-refractivity contribution is 7.01. The van der Waals surface area contributed by atoms with Crippen molar-refractivity contribution in [2.45, 2.75) is 106 Å². The average Bonchev–Trinajstić information content (AvgIpc) is 3.43. The molecular formula is C56H59BN2O3. The van der Waals surface area contributed by atoms with Crippen molar-refractivity contribution in [1.29, 1.82) is 0 Å². The number of hydrogen-bond donors (Lipinski definition) is 0. The van der Waals surface area contributed by atoms with Crippen LogP contribution in [0.3, 0.4) is 0 Å². The Hall–Kier alpha value is -5.88. The Balaban J connectivity index is 1.35. The predicted molar refractivity (Wildman–Crippen MR) is 262 cm³/mol. The molecule has 4 heterocycles. The minimum Gasteiger partial charge on any atom is -0.490 e. The lowest BCUT2D eigenvalue weighted by Gasteiger charge is -2.44. The van der Waals surface area contributed by atoms with E-state index in [9.17, 15) is 0 Å². The highest BCUT2D eigenvalue weighted by atomic mass is 16.5. The van der Waals surface area contributed by atoms with E-state index in [4.69, 9.17) is 13.9 Å². The molecule has 3 aliphatic rings. The summed E-state index contributed by atoms with van der Waals surface area (Å²) in [4.78, 5) is 4.98. The van der Waals surface area contributed by atoms with Gasteiger partial charge in [0, 0.05) is 46.0 Å². The van der Waals surface area contributed by atoms with E-state index in [0.29, 0.717) is 13.2 Å². The van der Waals surface area contributed by atoms with Gasteiger partial charge < -0.3 is 18.8 Å². The van der Waals surface area contributed by atoms with E-state index in [-0.39, 0.29) is 23.0 Å². The molecule has 314 valence electrons. The van der Waals surface area contributed by atoms with Crippen molar-refractivity contribution in [2.75, 3.05) is 23.0 Å². The van der Waals surface area contributed by atoms with Crippen molar-refractivity contribution in [3.05, 3.63) is 137 Å². The van der Waals surface area contributed by atoms with Crippen LogP contribution in [0.2, 0.25) is 0 Å². The minimum atomic E-state index is -0.157. The Morgan fingerprint density at radius 3 is 1.77 bits per heavy atom. The largest absolute Gasteiger partial charge is 0.490 e. The van der Waals surface area contributed by atoms with E-state index in [1.54, 1.807) is 0 Å². The van der Waals surface area contributed by atoms with Gasteiger partial charge in [-0.25, -0.2) is 0 Å². The summed E-state index contributed by atoms with van der Waals surface area (Å²) in [5.41, 5.74) is 20.0. The molecule has 0 spiro atoms. The second-order valence-corrected chi connectivity index (χ2v) is 21.1. The number of ether oxygens (including phenoxy) is 2. The average molecular weight is 819 g/mol. The van der Waals surface area contributed by atoms with Crippen LogP contribution in [0.4, 0.5) is 34.3 Å². The Kier molecular flexibility index (Phi) is 9.13. The second-order valence-electron chi connectivity index (χ2n) is 21.1. The summed E-state index contributed by atoms with van der Waals surface area (Å²) in [6.07, 6.45) is 0.830. The number of furan rings is 1. The first-order valence-electron chi connectivity index (χ1n) is 22.5. The topological polar surface area (TPSA) is 38.1 Å². The summed E-state index contributed by atoms with van der Waals surface area (Å²) in [6, 6.07) is 38.9. The first-order chi connectivity index (χ1) is 29.4. The molecule has 3 aliphatic heterocycles. The highest BCUT2D eigenvalue weighted by Crippen LogP contribution is 2.51. The third-order valence-electron chi connectivity index (χ3n) is 13.3. The first-order valence-corrected chi connectivity index (χ1v) is 22.5. The van der Waals surface area contributed by atoms with Gasteiger partial charge in [0.05, 0.1) is 24.6 Å². The zero-order valence-electron chi connectivity index (χ0n) is 38.6. The Bertz CT molecular complexity index is 2920. The van der Waals surface area contributed by atoms with Crippen molar-refractivity contribution in [3.63, 3.8) is 0 Å². The fraction of sp³-hybridized carbons (Fsp3) is 0.321. The molecule has 0 aliphatic carbocycles. The van der Waals surface area contributed by atoms with Gasteiger partial charge in [0.25, 0.3) is 6.71 Å². The molecular weight excluding hydrogens is 759 g/mol. The number of anilines is 6. The highest BCUT2D eigenvalue weighted by Gasteiger charge is 2.48. The number of rotatable bonds is 3. The molecule has 0 atom stereocenters. The van der Waals surface area contributed by atoms with E-state index in [0.717, 1.165) is 63.2 Å². The van der Waals surface area contributed by atoms with Gasteiger partial charge in [0.2, 0.25) is 5.88 Å². The molecule has 5 nitrogen and oxygen atoms in total. The predicted octanol–water partition coefficient (Wildman–Crippen LogP) is 13.2. The molecule has 6 aromatic carbocycles. The quantitative estimate of drug-likeness (QED) is 0.166. The summed E-state index contributed by atoms with van der Waals surface area (Å²) >= 11 is 0. The van der Waals surface area contributed by atoms with Crippen molar-refractivity contribution in [3.8, 4) is 22.6 Å². The fourth-order valence-electron chi connectivity index (χ4n) is 10.0. The van der Waals surface area contributed by atoms with Crippen LogP contribution in [0, 0.1) is 20.8 Å². The standard InChI is InChI=1S/C56H59BN2O3/c1-33-25-45-51-46(26-33)59(52-34(2)27-39(28-35(52)3)56(10,11)12)53-50(41-30-38(55(7,8)9)20-22-47(41)62-53)57(51)42-31-48-49(61-24-16-23-60-48)32-44(42)58(45)43-21-19-37(54(4,5)6)29-40(43)36-17-14-13-15-18-36/h13-15,17-22,25-32H,16,23-24H2,1-12H3. The summed E-state index contributed by atoms with van der Waals surface area (Å²) < 4.78 is 20.3. The number of fused-ring (bicyclic) bond motifs is 7. The molecule has 7 aromatic rings. The van der Waals surface area contributed by atoms with E-state index in [1.807, 2.05) is 0 Å². The van der Waals surface area contributed by atoms with Crippen LogP contribution in [0.15, 0.2) is 108 Å². The molecule has 0 radical (unpaired) electrons. The van der Waals surface area contributed by atoms with Crippen LogP contribution in [0.5, 0.6) is 11.5 Å². The van der Waals surface area contributed by atoms with E-state index in [2.05, 4.69) is 196 Å². The summed E-state index contributed by atoms with van der Waals surface area (Å²) in [7, 11) is 0. The first kappa shape index (κ1) is 40.2. The van der Waals surface area contributed by atoms with Gasteiger partial charge in [-0.15, -0.1) is 0 Å². The second kappa shape index (κ2) is 14.1. The van der Waals surface area contributed by atoms with Gasteiger partial charge in [-0.3, -0.25) is 4.90 Å². The molecule has 0 saturated heterocycles. The lowest BCUT2D eigenvalue weighted by molar-refractivity contribution is 0.297.